The molecule has 0 radical (unpaired) electrons. The molecule has 0 bridgehead atoms. The number of carbonyl (C=O) groups excluding carboxylic acids is 1. The molecule has 5 nitrogen and oxygen atoms in total. The van der Waals surface area contributed by atoms with Crippen molar-refractivity contribution in [3.8, 4) is 0 Å². The first-order chi connectivity index (χ1) is 9.15. The maximum atomic E-state index is 11.8. The van der Waals surface area contributed by atoms with Gasteiger partial charge in [0, 0.05) is 24.2 Å². The molecule has 3 N–H and O–H groups in total. The molecule has 19 heavy (non-hydrogen) atoms. The number of Topliss-reactive ketones (excluding diaryl/α,β-unsaturated/α-hetero) is 1. The van der Waals surface area contributed by atoms with Gasteiger partial charge in [-0.1, -0.05) is 6.08 Å². The Kier molecular flexibility index (Phi) is 2.59. The molecule has 0 unspecified atom stereocenters. The van der Waals surface area contributed by atoms with Crippen molar-refractivity contribution in [2.24, 2.45) is 0 Å². The number of carbonyl (C=O) groups is 2. The van der Waals surface area contributed by atoms with Crippen molar-refractivity contribution in [1.29, 1.82) is 0 Å². The third kappa shape index (κ3) is 1.99. The zero-order chi connectivity index (χ0) is 13.4. The van der Waals surface area contributed by atoms with Crippen molar-refractivity contribution in [3.63, 3.8) is 0 Å². The Morgan fingerprint density at radius 1 is 1.26 bits per heavy atom. The van der Waals surface area contributed by atoms with Gasteiger partial charge in [0.25, 0.3) is 0 Å². The highest BCUT2D eigenvalue weighted by atomic mass is 16.4. The summed E-state index contributed by atoms with van der Waals surface area (Å²) in [6, 6.07) is 4.81. The van der Waals surface area contributed by atoms with Crippen molar-refractivity contribution in [1.82, 2.24) is 0 Å². The molecular formula is C14H12N2O3. The van der Waals surface area contributed by atoms with Gasteiger partial charge in [-0.3, -0.25) is 4.79 Å². The molecule has 1 aromatic carbocycles. The van der Waals surface area contributed by atoms with E-state index in [0.29, 0.717) is 24.2 Å². The molecule has 0 saturated carbocycles. The lowest BCUT2D eigenvalue weighted by Gasteiger charge is -2.13. The number of carboxylic acids is 1. The maximum absolute atomic E-state index is 11.8. The number of rotatable bonds is 1. The summed E-state index contributed by atoms with van der Waals surface area (Å²) in [5.41, 5.74) is 3.17. The predicted octanol–water partition coefficient (Wildman–Crippen LogP) is 2.01. The average molecular weight is 256 g/mol. The fourth-order valence-electron chi connectivity index (χ4n) is 2.23. The molecule has 5 heteroatoms. The van der Waals surface area contributed by atoms with Crippen molar-refractivity contribution in [2.75, 3.05) is 17.2 Å². The predicted molar refractivity (Wildman–Crippen MR) is 71.3 cm³/mol. The van der Waals surface area contributed by atoms with Gasteiger partial charge < -0.3 is 15.7 Å². The summed E-state index contributed by atoms with van der Waals surface area (Å²) in [5.74, 6) is -0.883. The van der Waals surface area contributed by atoms with Gasteiger partial charge in [-0.2, -0.15) is 0 Å². The van der Waals surface area contributed by atoms with Gasteiger partial charge in [0.15, 0.2) is 5.78 Å². The third-order valence-electron chi connectivity index (χ3n) is 3.24. The van der Waals surface area contributed by atoms with Gasteiger partial charge >= 0.3 is 5.97 Å². The second kappa shape index (κ2) is 4.28. The molecule has 0 fully saturated rings. The number of fused-ring (bicyclic) bond motifs is 1. The Bertz CT molecular complexity index is 644. The molecule has 96 valence electrons. The second-order valence-corrected chi connectivity index (χ2v) is 4.47. The van der Waals surface area contributed by atoms with E-state index in [-0.39, 0.29) is 11.3 Å². The summed E-state index contributed by atoms with van der Waals surface area (Å²) in [4.78, 5) is 22.8. The first-order valence-electron chi connectivity index (χ1n) is 5.96. The molecule has 2 aliphatic rings. The van der Waals surface area contributed by atoms with Gasteiger partial charge in [-0.05, 0) is 24.3 Å². The lowest BCUT2D eigenvalue weighted by Crippen LogP contribution is -2.16. The largest absolute Gasteiger partial charge is 0.478 e. The second-order valence-electron chi connectivity index (χ2n) is 4.47. The number of ketones is 1. The molecule has 0 amide bonds. The van der Waals surface area contributed by atoms with Crippen LogP contribution in [0.25, 0.3) is 0 Å². The molecule has 1 heterocycles. The smallest absolute Gasteiger partial charge is 0.335 e. The number of anilines is 2. The van der Waals surface area contributed by atoms with Crippen LogP contribution in [0.5, 0.6) is 0 Å². The van der Waals surface area contributed by atoms with Crippen LogP contribution in [0.2, 0.25) is 0 Å². The summed E-state index contributed by atoms with van der Waals surface area (Å²) < 4.78 is 0. The number of nitrogens with one attached hydrogen (secondary N) is 2. The van der Waals surface area contributed by atoms with Crippen molar-refractivity contribution in [2.45, 2.75) is 6.42 Å². The van der Waals surface area contributed by atoms with Crippen LogP contribution in [0.4, 0.5) is 11.4 Å². The highest BCUT2D eigenvalue weighted by molar-refractivity contribution is 6.01. The Labute approximate surface area is 109 Å². The summed E-state index contributed by atoms with van der Waals surface area (Å²) in [6.45, 7) is 0.404. The van der Waals surface area contributed by atoms with Crippen LogP contribution in [0, 0.1) is 0 Å². The fourth-order valence-corrected chi connectivity index (χ4v) is 2.23. The van der Waals surface area contributed by atoms with Gasteiger partial charge in [-0.25, -0.2) is 4.79 Å². The minimum absolute atomic E-state index is 0.0868. The number of aromatic carboxylic acids is 1. The minimum atomic E-state index is -0.970. The van der Waals surface area contributed by atoms with E-state index in [1.807, 2.05) is 12.2 Å². The van der Waals surface area contributed by atoms with Gasteiger partial charge in [0.1, 0.15) is 0 Å². The Hall–Kier alpha value is -2.56. The summed E-state index contributed by atoms with van der Waals surface area (Å²) in [6.07, 6.45) is 4.13. The van der Waals surface area contributed by atoms with Gasteiger partial charge in [-0.15, -0.1) is 0 Å². The first kappa shape index (κ1) is 11.5. The molecule has 0 spiro atoms. The Morgan fingerprint density at radius 2 is 2.11 bits per heavy atom. The van der Waals surface area contributed by atoms with Crippen LogP contribution >= 0.6 is 0 Å². The quantitative estimate of drug-likeness (QED) is 0.716. The zero-order valence-electron chi connectivity index (χ0n) is 10.1. The number of benzene rings is 1. The fraction of sp³-hybridized carbons (Fsp3) is 0.143. The molecular weight excluding hydrogens is 244 g/mol. The van der Waals surface area contributed by atoms with E-state index < -0.39 is 5.97 Å². The van der Waals surface area contributed by atoms with E-state index in [1.165, 1.54) is 6.07 Å². The van der Waals surface area contributed by atoms with Gasteiger partial charge in [0.05, 0.1) is 16.9 Å². The lowest BCUT2D eigenvalue weighted by molar-refractivity contribution is -0.114. The standard InChI is InChI=1S/C14H12N2O3/c17-13-3-1-2-10-9(13)7-15-12-6-8(14(18)19)4-5-11(12)16-10/h1-2,4-6,15-16H,3,7H2,(H,18,19). The summed E-state index contributed by atoms with van der Waals surface area (Å²) in [5, 5.41) is 15.3. The van der Waals surface area contributed by atoms with Crippen molar-refractivity contribution < 1.29 is 14.7 Å². The normalized spacial score (nSPS) is 16.9. The van der Waals surface area contributed by atoms with Crippen molar-refractivity contribution >= 4 is 23.1 Å². The van der Waals surface area contributed by atoms with E-state index in [9.17, 15) is 9.59 Å². The van der Waals surface area contributed by atoms with E-state index in [2.05, 4.69) is 10.6 Å². The number of carboxylic acid groups (broad SMARTS) is 1. The highest BCUT2D eigenvalue weighted by Crippen LogP contribution is 2.30. The van der Waals surface area contributed by atoms with E-state index in [0.717, 1.165) is 11.4 Å². The molecule has 0 saturated heterocycles. The molecule has 0 atom stereocenters. The Balaban J connectivity index is 2.00. The van der Waals surface area contributed by atoms with E-state index in [1.54, 1.807) is 12.1 Å². The third-order valence-corrected chi connectivity index (χ3v) is 3.24. The SMILES string of the molecule is O=C1CC=CC2=C1CNc1cc(C(=O)O)ccc1N2. The van der Waals surface area contributed by atoms with Crippen LogP contribution in [0.3, 0.4) is 0 Å². The maximum Gasteiger partial charge on any atom is 0.335 e. The van der Waals surface area contributed by atoms with Crippen LogP contribution in [0.15, 0.2) is 41.6 Å². The van der Waals surface area contributed by atoms with Crippen molar-refractivity contribution in [3.05, 3.63) is 47.2 Å². The molecule has 1 aromatic rings. The Morgan fingerprint density at radius 3 is 2.89 bits per heavy atom. The van der Waals surface area contributed by atoms with Gasteiger partial charge in [0.2, 0.25) is 0 Å². The zero-order valence-corrected chi connectivity index (χ0v) is 10.1. The van der Waals surface area contributed by atoms with E-state index >= 15 is 0 Å². The topological polar surface area (TPSA) is 78.4 Å². The van der Waals surface area contributed by atoms with E-state index in [4.69, 9.17) is 5.11 Å². The first-order valence-corrected chi connectivity index (χ1v) is 5.96. The summed E-state index contributed by atoms with van der Waals surface area (Å²) in [7, 11) is 0. The molecule has 1 aliphatic carbocycles. The van der Waals surface area contributed by atoms with Crippen LogP contribution in [0.1, 0.15) is 16.8 Å². The monoisotopic (exact) mass is 256 g/mol. The number of hydrogen-bond acceptors (Lipinski definition) is 4. The lowest BCUT2D eigenvalue weighted by atomic mass is 10.0. The van der Waals surface area contributed by atoms with Crippen LogP contribution in [-0.4, -0.2) is 23.4 Å². The number of allylic oxidation sites excluding steroid dienone is 2. The molecule has 3 rings (SSSR count). The van der Waals surface area contributed by atoms with Crippen LogP contribution in [-0.2, 0) is 4.79 Å². The molecule has 0 aromatic heterocycles. The number of hydrogen-bond donors (Lipinski definition) is 3. The summed E-state index contributed by atoms with van der Waals surface area (Å²) >= 11 is 0. The molecule has 1 aliphatic heterocycles. The minimum Gasteiger partial charge on any atom is -0.478 e. The highest BCUT2D eigenvalue weighted by Gasteiger charge is 2.21. The average Bonchev–Trinajstić information content (AvgIpc) is 2.57. The van der Waals surface area contributed by atoms with Crippen LogP contribution < -0.4 is 10.6 Å².